The minimum absolute atomic E-state index is 0.118. The van der Waals surface area contributed by atoms with Gasteiger partial charge < -0.3 is 5.32 Å². The number of benzene rings is 1. The molecule has 3 nitrogen and oxygen atoms in total. The quantitative estimate of drug-likeness (QED) is 0.898. The van der Waals surface area contributed by atoms with Crippen LogP contribution in [0, 0.1) is 11.3 Å². The fourth-order valence-electron chi connectivity index (χ4n) is 1.44. The van der Waals surface area contributed by atoms with Gasteiger partial charge in [0.15, 0.2) is 0 Å². The smallest absolute Gasteiger partial charge is 0.238 e. The number of carbonyl (C=O) groups excluding carboxylic acids is 1. The highest BCUT2D eigenvalue weighted by Crippen LogP contribution is 2.25. The van der Waals surface area contributed by atoms with Gasteiger partial charge in [-0.15, -0.1) is 11.3 Å². The van der Waals surface area contributed by atoms with E-state index in [0.717, 1.165) is 5.56 Å². The molecule has 0 aliphatic heterocycles. The van der Waals surface area contributed by atoms with Crippen molar-refractivity contribution >= 4 is 22.9 Å². The summed E-state index contributed by atoms with van der Waals surface area (Å²) in [6.45, 7) is 0. The Balaban J connectivity index is 2.09. The van der Waals surface area contributed by atoms with Crippen LogP contribution >= 0.6 is 11.3 Å². The molecular weight excluding hydrogens is 232 g/mol. The van der Waals surface area contributed by atoms with Gasteiger partial charge in [-0.05, 0) is 29.1 Å². The number of nitriles is 1. The highest BCUT2D eigenvalue weighted by molar-refractivity contribution is 7.13. The van der Waals surface area contributed by atoms with Crippen LogP contribution in [-0.2, 0) is 4.79 Å². The van der Waals surface area contributed by atoms with Crippen LogP contribution in [0.2, 0.25) is 0 Å². The third kappa shape index (κ3) is 2.92. The van der Waals surface area contributed by atoms with Crippen molar-refractivity contribution in [1.82, 2.24) is 0 Å². The van der Waals surface area contributed by atoms with E-state index in [1.165, 1.54) is 4.88 Å². The first-order chi connectivity index (χ1) is 8.29. The molecule has 0 aliphatic carbocycles. The number of nitrogens with one attached hydrogen (secondary N) is 1. The summed E-state index contributed by atoms with van der Waals surface area (Å²) in [6.07, 6.45) is -0.118. The summed E-state index contributed by atoms with van der Waals surface area (Å²) in [5.41, 5.74) is 1.84. The van der Waals surface area contributed by atoms with Crippen molar-refractivity contribution in [3.05, 3.63) is 41.8 Å². The number of anilines is 1. The normalized spacial score (nSPS) is 9.59. The van der Waals surface area contributed by atoms with Gasteiger partial charge in [0.2, 0.25) is 5.91 Å². The number of hydrogen-bond donors (Lipinski definition) is 1. The Labute approximate surface area is 103 Å². The van der Waals surface area contributed by atoms with Gasteiger partial charge in [0.25, 0.3) is 0 Å². The van der Waals surface area contributed by atoms with E-state index in [2.05, 4.69) is 5.32 Å². The van der Waals surface area contributed by atoms with Crippen LogP contribution in [0.4, 0.5) is 5.69 Å². The Kier molecular flexibility index (Phi) is 3.53. The van der Waals surface area contributed by atoms with E-state index in [0.29, 0.717) is 5.69 Å². The van der Waals surface area contributed by atoms with Gasteiger partial charge in [0.05, 0.1) is 6.07 Å². The highest BCUT2D eigenvalue weighted by atomic mass is 32.1. The fourth-order valence-corrected chi connectivity index (χ4v) is 2.17. The van der Waals surface area contributed by atoms with Crippen LogP contribution < -0.4 is 5.32 Å². The van der Waals surface area contributed by atoms with E-state index in [9.17, 15) is 4.79 Å². The second-order valence-electron chi connectivity index (χ2n) is 3.44. The van der Waals surface area contributed by atoms with Crippen LogP contribution in [0.25, 0.3) is 10.4 Å². The molecule has 0 radical (unpaired) electrons. The molecule has 2 rings (SSSR count). The summed E-state index contributed by atoms with van der Waals surface area (Å²) in [7, 11) is 0. The van der Waals surface area contributed by atoms with Crippen LogP contribution in [0.15, 0.2) is 41.8 Å². The number of nitrogens with zero attached hydrogens (tertiary/aromatic N) is 1. The van der Waals surface area contributed by atoms with E-state index in [-0.39, 0.29) is 12.3 Å². The zero-order valence-electron chi connectivity index (χ0n) is 9.01. The maximum Gasteiger partial charge on any atom is 0.238 e. The summed E-state index contributed by atoms with van der Waals surface area (Å²) in [5, 5.41) is 13.1. The molecule has 17 heavy (non-hydrogen) atoms. The van der Waals surface area contributed by atoms with Crippen LogP contribution in [-0.4, -0.2) is 5.91 Å². The number of thiophene rings is 1. The van der Waals surface area contributed by atoms with Gasteiger partial charge in [-0.3, -0.25) is 4.79 Å². The largest absolute Gasteiger partial charge is 0.325 e. The molecule has 1 aromatic carbocycles. The average molecular weight is 242 g/mol. The molecule has 1 amide bonds. The lowest BCUT2D eigenvalue weighted by atomic mass is 10.2. The topological polar surface area (TPSA) is 52.9 Å². The number of rotatable bonds is 3. The van der Waals surface area contributed by atoms with Crippen molar-refractivity contribution in [2.75, 3.05) is 5.32 Å². The summed E-state index contributed by atoms with van der Waals surface area (Å²) in [6, 6.07) is 13.4. The Morgan fingerprint density at radius 2 is 2.06 bits per heavy atom. The standard InChI is InChI=1S/C13H10N2OS/c14-8-7-13(16)15-11-5-3-10(4-6-11)12-2-1-9-17-12/h1-6,9H,7H2,(H,15,16). The fraction of sp³-hybridized carbons (Fsp3) is 0.0769. The second kappa shape index (κ2) is 5.28. The molecule has 1 N–H and O–H groups in total. The average Bonchev–Trinajstić information content (AvgIpc) is 2.84. The second-order valence-corrected chi connectivity index (χ2v) is 4.39. The van der Waals surface area contributed by atoms with Gasteiger partial charge in [-0.2, -0.15) is 5.26 Å². The van der Waals surface area contributed by atoms with E-state index >= 15 is 0 Å². The number of hydrogen-bond acceptors (Lipinski definition) is 3. The lowest BCUT2D eigenvalue weighted by Crippen LogP contribution is -2.09. The van der Waals surface area contributed by atoms with Crippen molar-refractivity contribution in [2.24, 2.45) is 0 Å². The maximum absolute atomic E-state index is 11.2. The minimum Gasteiger partial charge on any atom is -0.325 e. The molecule has 0 saturated carbocycles. The molecule has 0 unspecified atom stereocenters. The monoisotopic (exact) mass is 242 g/mol. The van der Waals surface area contributed by atoms with Gasteiger partial charge in [0, 0.05) is 10.6 Å². The third-order valence-corrected chi connectivity index (χ3v) is 3.13. The van der Waals surface area contributed by atoms with Crippen molar-refractivity contribution < 1.29 is 4.79 Å². The van der Waals surface area contributed by atoms with Gasteiger partial charge in [-0.1, -0.05) is 18.2 Å². The molecule has 1 heterocycles. The van der Waals surface area contributed by atoms with Crippen LogP contribution in [0.3, 0.4) is 0 Å². The molecule has 0 fully saturated rings. The van der Waals surface area contributed by atoms with E-state index in [1.54, 1.807) is 11.3 Å². The number of amides is 1. The predicted molar refractivity (Wildman–Crippen MR) is 68.6 cm³/mol. The molecule has 0 bridgehead atoms. The van der Waals surface area contributed by atoms with E-state index in [4.69, 9.17) is 5.26 Å². The first-order valence-electron chi connectivity index (χ1n) is 5.10. The SMILES string of the molecule is N#CCC(=O)Nc1ccc(-c2cccs2)cc1. The molecule has 0 spiro atoms. The third-order valence-electron chi connectivity index (χ3n) is 2.21. The summed E-state index contributed by atoms with van der Waals surface area (Å²) >= 11 is 1.67. The lowest BCUT2D eigenvalue weighted by molar-refractivity contribution is -0.115. The Morgan fingerprint density at radius 1 is 1.29 bits per heavy atom. The van der Waals surface area contributed by atoms with Crippen molar-refractivity contribution in [2.45, 2.75) is 6.42 Å². The van der Waals surface area contributed by atoms with Crippen molar-refractivity contribution in [1.29, 1.82) is 5.26 Å². The van der Waals surface area contributed by atoms with Gasteiger partial charge in [-0.25, -0.2) is 0 Å². The summed E-state index contributed by atoms with van der Waals surface area (Å²) in [5.74, 6) is -0.281. The van der Waals surface area contributed by atoms with Crippen LogP contribution in [0.1, 0.15) is 6.42 Å². The Bertz CT molecular complexity index is 538. The van der Waals surface area contributed by atoms with Crippen molar-refractivity contribution in [3.63, 3.8) is 0 Å². The molecule has 0 saturated heterocycles. The first-order valence-corrected chi connectivity index (χ1v) is 5.98. The van der Waals surface area contributed by atoms with E-state index in [1.807, 2.05) is 47.8 Å². The zero-order valence-corrected chi connectivity index (χ0v) is 9.83. The zero-order chi connectivity index (χ0) is 12.1. The molecular formula is C13H10N2OS. The van der Waals surface area contributed by atoms with Gasteiger partial charge in [0.1, 0.15) is 6.42 Å². The van der Waals surface area contributed by atoms with Crippen molar-refractivity contribution in [3.8, 4) is 16.5 Å². The Morgan fingerprint density at radius 3 is 2.65 bits per heavy atom. The van der Waals surface area contributed by atoms with Crippen LogP contribution in [0.5, 0.6) is 0 Å². The van der Waals surface area contributed by atoms with E-state index < -0.39 is 0 Å². The summed E-state index contributed by atoms with van der Waals surface area (Å²) in [4.78, 5) is 12.4. The first kappa shape index (κ1) is 11.4. The number of carbonyl (C=O) groups is 1. The Hall–Kier alpha value is -2.12. The predicted octanol–water partition coefficient (Wildman–Crippen LogP) is 3.27. The minimum atomic E-state index is -0.281. The molecule has 2 aromatic rings. The molecule has 1 aromatic heterocycles. The molecule has 0 aliphatic rings. The lowest BCUT2D eigenvalue weighted by Gasteiger charge is -2.03. The summed E-state index contributed by atoms with van der Waals surface area (Å²) < 4.78 is 0. The molecule has 4 heteroatoms. The molecule has 0 atom stereocenters. The van der Waals surface area contributed by atoms with Gasteiger partial charge >= 0.3 is 0 Å². The highest BCUT2D eigenvalue weighted by Gasteiger charge is 2.02. The molecule has 84 valence electrons. The maximum atomic E-state index is 11.2.